The SMILES string of the molecule is COc1ccc(C(=O)CC(=O)c2ccc(C)cc2)cc1.[C-]#[N+]c1ccc(-c2ccc(O)cc2)cc1. The monoisotopic (exact) mass is 463 g/mol. The van der Waals surface area contributed by atoms with Crippen LogP contribution in [0.1, 0.15) is 32.7 Å². The van der Waals surface area contributed by atoms with E-state index in [-0.39, 0.29) is 23.7 Å². The summed E-state index contributed by atoms with van der Waals surface area (Å²) in [4.78, 5) is 27.4. The summed E-state index contributed by atoms with van der Waals surface area (Å²) >= 11 is 0. The Morgan fingerprint density at radius 2 is 1.20 bits per heavy atom. The number of ether oxygens (including phenoxy) is 1. The summed E-state index contributed by atoms with van der Waals surface area (Å²) in [5.74, 6) is 0.604. The van der Waals surface area contributed by atoms with Gasteiger partial charge in [0.1, 0.15) is 11.5 Å². The Morgan fingerprint density at radius 1 is 0.743 bits per heavy atom. The number of hydrogen-bond acceptors (Lipinski definition) is 4. The number of aryl methyl sites for hydroxylation is 1. The fraction of sp³-hybridized carbons (Fsp3) is 0.100. The van der Waals surface area contributed by atoms with Gasteiger partial charge in [0.15, 0.2) is 17.3 Å². The van der Waals surface area contributed by atoms with Crippen LogP contribution in [0.2, 0.25) is 0 Å². The van der Waals surface area contributed by atoms with Crippen LogP contribution in [0.5, 0.6) is 11.5 Å². The van der Waals surface area contributed by atoms with Crippen molar-refractivity contribution in [2.75, 3.05) is 7.11 Å². The number of benzene rings is 4. The zero-order valence-electron chi connectivity index (χ0n) is 19.6. The molecule has 0 unspecified atom stereocenters. The first-order valence-corrected chi connectivity index (χ1v) is 10.9. The van der Waals surface area contributed by atoms with Crippen molar-refractivity contribution in [3.05, 3.63) is 125 Å². The van der Waals surface area contributed by atoms with Crippen molar-refractivity contribution < 1.29 is 19.4 Å². The molecule has 174 valence electrons. The summed E-state index contributed by atoms with van der Waals surface area (Å²) in [6, 6.07) is 28.4. The molecule has 4 aromatic carbocycles. The number of methoxy groups -OCH3 is 1. The number of aromatic hydroxyl groups is 1. The average Bonchev–Trinajstić information content (AvgIpc) is 2.90. The smallest absolute Gasteiger partial charge is 0.187 e. The third-order valence-corrected chi connectivity index (χ3v) is 5.30. The van der Waals surface area contributed by atoms with Gasteiger partial charge in [-0.25, -0.2) is 4.85 Å². The maximum Gasteiger partial charge on any atom is 0.187 e. The lowest BCUT2D eigenvalue weighted by Gasteiger charge is -2.03. The van der Waals surface area contributed by atoms with E-state index in [2.05, 4.69) is 4.85 Å². The summed E-state index contributed by atoms with van der Waals surface area (Å²) in [6.07, 6.45) is -0.116. The number of hydrogen-bond donors (Lipinski definition) is 1. The van der Waals surface area contributed by atoms with E-state index in [1.807, 2.05) is 43.3 Å². The fourth-order valence-electron chi connectivity index (χ4n) is 3.25. The first-order chi connectivity index (χ1) is 16.9. The Hall–Kier alpha value is -4.69. The van der Waals surface area contributed by atoms with Crippen molar-refractivity contribution >= 4 is 17.3 Å². The van der Waals surface area contributed by atoms with E-state index < -0.39 is 0 Å². The normalized spacial score (nSPS) is 9.86. The van der Waals surface area contributed by atoms with Crippen LogP contribution in [-0.4, -0.2) is 23.8 Å². The Bertz CT molecular complexity index is 1320. The molecule has 0 saturated heterocycles. The standard InChI is InChI=1S/C17H16O3.C13H9NO/c1-12-3-5-13(6-4-12)16(18)11-17(19)14-7-9-15(20-2)10-8-14;1-14-12-6-2-10(3-7-12)11-4-8-13(15)9-5-11/h3-10H,11H2,1-2H3;2-9,15H. The highest BCUT2D eigenvalue weighted by atomic mass is 16.5. The number of ketones is 2. The quantitative estimate of drug-likeness (QED) is 0.189. The van der Waals surface area contributed by atoms with Crippen molar-refractivity contribution in [2.45, 2.75) is 13.3 Å². The second kappa shape index (κ2) is 12.0. The molecule has 0 saturated carbocycles. The molecule has 1 N–H and O–H groups in total. The first kappa shape index (κ1) is 24.9. The fourth-order valence-corrected chi connectivity index (χ4v) is 3.25. The number of rotatable bonds is 6. The predicted octanol–water partition coefficient (Wildman–Crippen LogP) is 7.07. The van der Waals surface area contributed by atoms with Crippen molar-refractivity contribution in [3.8, 4) is 22.6 Å². The van der Waals surface area contributed by atoms with E-state index >= 15 is 0 Å². The van der Waals surface area contributed by atoms with Gasteiger partial charge in [-0.3, -0.25) is 9.59 Å². The van der Waals surface area contributed by atoms with Crippen molar-refractivity contribution in [3.63, 3.8) is 0 Å². The number of nitrogens with zero attached hydrogens (tertiary/aromatic N) is 1. The number of carbonyl (C=O) groups is 2. The van der Waals surface area contributed by atoms with Gasteiger partial charge in [-0.15, -0.1) is 0 Å². The van der Waals surface area contributed by atoms with E-state index in [1.165, 1.54) is 0 Å². The van der Waals surface area contributed by atoms with Crippen LogP contribution in [0.3, 0.4) is 0 Å². The molecular formula is C30H25NO4. The maximum absolute atomic E-state index is 12.0. The van der Waals surface area contributed by atoms with E-state index in [0.29, 0.717) is 22.6 Å². The second-order valence-corrected chi connectivity index (χ2v) is 7.82. The van der Waals surface area contributed by atoms with Gasteiger partial charge in [-0.05, 0) is 54.4 Å². The van der Waals surface area contributed by atoms with Crippen LogP contribution in [0.25, 0.3) is 16.0 Å². The largest absolute Gasteiger partial charge is 0.508 e. The van der Waals surface area contributed by atoms with Crippen molar-refractivity contribution in [1.29, 1.82) is 0 Å². The Balaban J connectivity index is 0.000000203. The average molecular weight is 464 g/mol. The van der Waals surface area contributed by atoms with E-state index in [9.17, 15) is 9.59 Å². The summed E-state index contributed by atoms with van der Waals surface area (Å²) in [5.41, 5.74) is 4.89. The van der Waals surface area contributed by atoms with Gasteiger partial charge < -0.3 is 9.84 Å². The lowest BCUT2D eigenvalue weighted by atomic mass is 10.0. The zero-order valence-corrected chi connectivity index (χ0v) is 19.6. The third-order valence-electron chi connectivity index (χ3n) is 5.30. The molecule has 0 atom stereocenters. The first-order valence-electron chi connectivity index (χ1n) is 10.9. The molecule has 0 aliphatic heterocycles. The molecule has 0 amide bonds. The van der Waals surface area contributed by atoms with E-state index in [0.717, 1.165) is 16.7 Å². The molecule has 4 aromatic rings. The van der Waals surface area contributed by atoms with Crippen LogP contribution in [0, 0.1) is 13.5 Å². The number of Topliss-reactive ketones (excluding diaryl/α,β-unsaturated/α-hetero) is 2. The molecule has 5 heteroatoms. The molecule has 4 rings (SSSR count). The topological polar surface area (TPSA) is 68.0 Å². The van der Waals surface area contributed by atoms with Gasteiger partial charge in [0.25, 0.3) is 0 Å². The third kappa shape index (κ3) is 7.15. The van der Waals surface area contributed by atoms with Crippen molar-refractivity contribution in [1.82, 2.24) is 0 Å². The molecule has 0 spiro atoms. The van der Waals surface area contributed by atoms with Crippen LogP contribution in [0.4, 0.5) is 5.69 Å². The number of phenols is 1. The Labute approximate surface area is 205 Å². The van der Waals surface area contributed by atoms with Gasteiger partial charge in [0, 0.05) is 11.1 Å². The highest BCUT2D eigenvalue weighted by Gasteiger charge is 2.13. The molecule has 0 radical (unpaired) electrons. The van der Waals surface area contributed by atoms with Gasteiger partial charge in [-0.1, -0.05) is 66.2 Å². The lowest BCUT2D eigenvalue weighted by molar-refractivity contribution is 0.0894. The van der Waals surface area contributed by atoms with Gasteiger partial charge in [-0.2, -0.15) is 0 Å². The lowest BCUT2D eigenvalue weighted by Crippen LogP contribution is -2.08. The Morgan fingerprint density at radius 3 is 1.66 bits per heavy atom. The van der Waals surface area contributed by atoms with Gasteiger partial charge >= 0.3 is 0 Å². The van der Waals surface area contributed by atoms with Gasteiger partial charge in [0.05, 0.1) is 20.1 Å². The van der Waals surface area contributed by atoms with Crippen LogP contribution < -0.4 is 4.74 Å². The zero-order chi connectivity index (χ0) is 25.2. The number of phenolic OH excluding ortho intramolecular Hbond substituents is 1. The summed E-state index contributed by atoms with van der Waals surface area (Å²) in [6.45, 7) is 8.79. The summed E-state index contributed by atoms with van der Waals surface area (Å²) in [7, 11) is 1.57. The predicted molar refractivity (Wildman–Crippen MR) is 137 cm³/mol. The second-order valence-electron chi connectivity index (χ2n) is 7.82. The molecule has 0 heterocycles. The molecule has 5 nitrogen and oxygen atoms in total. The highest BCUT2D eigenvalue weighted by Crippen LogP contribution is 2.24. The minimum absolute atomic E-state index is 0.116. The maximum atomic E-state index is 12.0. The van der Waals surface area contributed by atoms with Crippen molar-refractivity contribution in [2.24, 2.45) is 0 Å². The number of carbonyl (C=O) groups excluding carboxylic acids is 2. The van der Waals surface area contributed by atoms with Gasteiger partial charge in [0.2, 0.25) is 0 Å². The van der Waals surface area contributed by atoms with Crippen LogP contribution in [0.15, 0.2) is 97.1 Å². The minimum Gasteiger partial charge on any atom is -0.508 e. The molecule has 0 bridgehead atoms. The molecule has 0 aliphatic rings. The van der Waals surface area contributed by atoms with Crippen LogP contribution >= 0.6 is 0 Å². The molecule has 0 fully saturated rings. The Kier molecular flexibility index (Phi) is 8.53. The molecule has 35 heavy (non-hydrogen) atoms. The molecular weight excluding hydrogens is 438 g/mol. The molecule has 0 aliphatic carbocycles. The van der Waals surface area contributed by atoms with Crippen LogP contribution in [-0.2, 0) is 0 Å². The van der Waals surface area contributed by atoms with E-state index in [4.69, 9.17) is 16.4 Å². The summed E-state index contributed by atoms with van der Waals surface area (Å²) < 4.78 is 5.03. The summed E-state index contributed by atoms with van der Waals surface area (Å²) in [5, 5.41) is 9.15. The van der Waals surface area contributed by atoms with E-state index in [1.54, 1.807) is 67.8 Å². The molecule has 0 aromatic heterocycles. The highest BCUT2D eigenvalue weighted by molar-refractivity contribution is 6.13. The minimum atomic E-state index is -0.182.